The van der Waals surface area contributed by atoms with Crippen molar-refractivity contribution in [1.29, 1.82) is 0 Å². The molecule has 0 aliphatic heterocycles. The van der Waals surface area contributed by atoms with E-state index in [2.05, 4.69) is 13.8 Å². The maximum absolute atomic E-state index is 11.1. The molecule has 280 valence electrons. The van der Waals surface area contributed by atoms with Crippen molar-refractivity contribution in [3.05, 3.63) is 12.2 Å². The molecule has 0 unspecified atom stereocenters. The minimum Gasteiger partial charge on any atom is -1.00 e. The summed E-state index contributed by atoms with van der Waals surface area (Å²) in [6, 6.07) is 0. The van der Waals surface area contributed by atoms with Gasteiger partial charge in [0.2, 0.25) is 0 Å². The van der Waals surface area contributed by atoms with Gasteiger partial charge in [0.25, 0.3) is 0 Å². The first-order valence-corrected chi connectivity index (χ1v) is 19.7. The summed E-state index contributed by atoms with van der Waals surface area (Å²) in [6.07, 6.45) is 42.9. The van der Waals surface area contributed by atoms with Gasteiger partial charge in [-0.15, -0.1) is 0 Å². The Kier molecular flexibility index (Phi) is 64.4. The van der Waals surface area contributed by atoms with Crippen LogP contribution in [0.25, 0.3) is 0 Å². The van der Waals surface area contributed by atoms with Crippen LogP contribution in [-0.4, -0.2) is 57.8 Å². The number of hydrogen-bond donors (Lipinski definition) is 2. The zero-order valence-corrected chi connectivity index (χ0v) is 38.6. The molecule has 0 spiro atoms. The van der Waals surface area contributed by atoms with Gasteiger partial charge in [0.05, 0.1) is 6.61 Å². The molecule has 0 bridgehead atoms. The van der Waals surface area contributed by atoms with Gasteiger partial charge in [-0.3, -0.25) is 4.79 Å². The Bertz CT molecular complexity index is 714. The third-order valence-electron chi connectivity index (χ3n) is 8.60. The zero-order valence-electron chi connectivity index (χ0n) is 37.2. The smallest absolute Gasteiger partial charge is 1.00 e. The van der Waals surface area contributed by atoms with Crippen LogP contribution in [-0.2, 0) is 19.1 Å². The quantitative estimate of drug-likeness (QED) is 0.0321. The molecular weight excluding hydrogens is 647 g/mol. The maximum atomic E-state index is 11.1. The van der Waals surface area contributed by atoms with Crippen LogP contribution >= 0.6 is 0 Å². The van der Waals surface area contributed by atoms with E-state index < -0.39 is 17.9 Å². The Morgan fingerprint density at radius 3 is 0.980 bits per heavy atom. The molecule has 9 heteroatoms. The molecule has 0 saturated carbocycles. The first-order chi connectivity index (χ1) is 22.4. The molecule has 0 aromatic heterocycles. The molecule has 0 saturated heterocycles. The van der Waals surface area contributed by atoms with Gasteiger partial charge in [-0.05, 0) is 12.8 Å². The molecule has 0 radical (unpaired) electrons. The average Bonchev–Trinajstić information content (AvgIpc) is 3.03. The third kappa shape index (κ3) is 61.3. The fourth-order valence-electron chi connectivity index (χ4n) is 5.66. The summed E-state index contributed by atoms with van der Waals surface area (Å²) < 4.78 is 4.92. The summed E-state index contributed by atoms with van der Waals surface area (Å²) in [5.41, 5.74) is 0. The van der Waals surface area contributed by atoms with Crippen LogP contribution in [0.2, 0.25) is 0 Å². The Labute approximate surface area is 370 Å². The van der Waals surface area contributed by atoms with Crippen LogP contribution in [0.1, 0.15) is 225 Å². The maximum Gasteiger partial charge on any atom is 2.00 e. The number of carbonyl (C=O) groups excluding carboxylic acids is 1. The van der Waals surface area contributed by atoms with Crippen molar-refractivity contribution in [2.45, 2.75) is 219 Å². The molecule has 0 aromatic carbocycles. The summed E-state index contributed by atoms with van der Waals surface area (Å²) in [4.78, 5) is 31.7. The number of rotatable bonds is 35. The Hall–Kier alpha value is 0.916. The second-order valence-electron chi connectivity index (χ2n) is 13.2. The zero-order chi connectivity index (χ0) is 34.2. The van der Waals surface area contributed by atoms with Gasteiger partial charge in [-0.25, -0.2) is 9.59 Å². The minimum atomic E-state index is -1.13. The molecule has 49 heavy (non-hydrogen) atoms. The van der Waals surface area contributed by atoms with Gasteiger partial charge in [0.1, 0.15) is 0 Å². The van der Waals surface area contributed by atoms with E-state index in [-0.39, 0.29) is 87.9 Å². The van der Waals surface area contributed by atoms with Gasteiger partial charge in [-0.2, -0.15) is 0 Å². The second kappa shape index (κ2) is 53.3. The molecule has 0 rings (SSSR count). The van der Waals surface area contributed by atoms with Crippen molar-refractivity contribution in [3.63, 3.8) is 0 Å². The SMILES string of the molecule is CCCCCCCCCCCCCCCCCC(=O)O.CCCCCCCCCCCCCCCCCCOC(=O)C=CC(=O)O.[H-].[H-].[H-].[H-].[Mg+2].[Na+].[Na+]. The predicted octanol–water partition coefficient (Wildman–Crippen LogP) is 6.84. The van der Waals surface area contributed by atoms with Gasteiger partial charge in [0.15, 0.2) is 0 Å². The van der Waals surface area contributed by atoms with Gasteiger partial charge >= 0.3 is 100 Å². The fourth-order valence-corrected chi connectivity index (χ4v) is 5.66. The van der Waals surface area contributed by atoms with Crippen molar-refractivity contribution in [1.82, 2.24) is 0 Å². The van der Waals surface area contributed by atoms with E-state index in [9.17, 15) is 14.4 Å². The molecule has 0 amide bonds. The number of carboxylic acid groups (broad SMARTS) is 2. The van der Waals surface area contributed by atoms with Crippen LogP contribution in [0, 0.1) is 0 Å². The van der Waals surface area contributed by atoms with Gasteiger partial charge < -0.3 is 20.7 Å². The Morgan fingerprint density at radius 2 is 0.714 bits per heavy atom. The topological polar surface area (TPSA) is 101 Å². The van der Waals surface area contributed by atoms with E-state index in [1.807, 2.05) is 0 Å². The van der Waals surface area contributed by atoms with Crippen molar-refractivity contribution < 1.29 is 94.2 Å². The summed E-state index contributed by atoms with van der Waals surface area (Å²) in [6.45, 7) is 4.91. The van der Waals surface area contributed by atoms with E-state index in [0.717, 1.165) is 37.8 Å². The van der Waals surface area contributed by atoms with Crippen molar-refractivity contribution in [3.8, 4) is 0 Å². The van der Waals surface area contributed by atoms with Crippen LogP contribution in [0.5, 0.6) is 0 Å². The summed E-state index contributed by atoms with van der Waals surface area (Å²) >= 11 is 0. The van der Waals surface area contributed by atoms with E-state index in [0.29, 0.717) is 13.0 Å². The minimum absolute atomic E-state index is 0. The second-order valence-corrected chi connectivity index (χ2v) is 13.2. The number of carboxylic acids is 2. The first kappa shape index (κ1) is 59.2. The number of esters is 1. The van der Waals surface area contributed by atoms with E-state index >= 15 is 0 Å². The Morgan fingerprint density at radius 1 is 0.449 bits per heavy atom. The molecule has 0 aliphatic carbocycles. The number of hydrogen-bond acceptors (Lipinski definition) is 4. The third-order valence-corrected chi connectivity index (χ3v) is 8.60. The molecule has 0 aliphatic rings. The molecule has 0 heterocycles. The van der Waals surface area contributed by atoms with Crippen molar-refractivity contribution in [2.24, 2.45) is 0 Å². The van der Waals surface area contributed by atoms with E-state index in [1.54, 1.807) is 0 Å². The summed E-state index contributed by atoms with van der Waals surface area (Å²) in [7, 11) is 0. The standard InChI is InChI=1S/C22H40O4.C18H36O2.Mg.2Na.4H/c1-2-3-4-5-6-7-8-9-10-11-12-13-14-15-16-17-20-26-22(25)19-18-21(23)24;1-2-3-4-5-6-7-8-9-10-11-12-13-14-15-16-17-18(19)20;;;;;;;/h18-19H,2-17,20H2,1H3,(H,23,24);2-17H2,1H3,(H,19,20);;;;;;;/q;;+2;2*+1;4*-1. The summed E-state index contributed by atoms with van der Waals surface area (Å²) in [5, 5.41) is 16.9. The molecule has 0 aromatic rings. The number of unbranched alkanes of at least 4 members (excludes halogenated alkanes) is 29. The molecular formula is C40H80MgNa2O6. The molecule has 2 N–H and O–H groups in total. The summed E-state index contributed by atoms with van der Waals surface area (Å²) in [5.74, 6) is -2.36. The van der Waals surface area contributed by atoms with Crippen LogP contribution in [0.3, 0.4) is 0 Å². The van der Waals surface area contributed by atoms with Crippen LogP contribution in [0.15, 0.2) is 12.2 Å². The van der Waals surface area contributed by atoms with Crippen LogP contribution < -0.4 is 59.1 Å². The van der Waals surface area contributed by atoms with Crippen LogP contribution in [0.4, 0.5) is 0 Å². The average molecular weight is 727 g/mol. The first-order valence-electron chi connectivity index (χ1n) is 19.7. The number of aliphatic carboxylic acids is 2. The van der Waals surface area contributed by atoms with E-state index in [4.69, 9.17) is 14.9 Å². The van der Waals surface area contributed by atoms with E-state index in [1.165, 1.54) is 173 Å². The van der Waals surface area contributed by atoms with Crippen molar-refractivity contribution >= 4 is 41.0 Å². The number of ether oxygens (including phenoxy) is 1. The normalized spacial score (nSPS) is 10.3. The van der Waals surface area contributed by atoms with Gasteiger partial charge in [0, 0.05) is 18.6 Å². The largest absolute Gasteiger partial charge is 2.00 e. The molecule has 0 atom stereocenters. The van der Waals surface area contributed by atoms with Crippen molar-refractivity contribution in [2.75, 3.05) is 6.61 Å². The molecule has 0 fully saturated rings. The Balaban J connectivity index is -0.0000000944. The molecule has 6 nitrogen and oxygen atoms in total. The predicted molar refractivity (Wildman–Crippen MR) is 205 cm³/mol. The fraction of sp³-hybridized carbons (Fsp3) is 0.875. The van der Waals surface area contributed by atoms with Gasteiger partial charge in [-0.1, -0.05) is 200 Å². The number of carbonyl (C=O) groups is 3. The monoisotopic (exact) mass is 727 g/mol.